The Hall–Kier alpha value is -3.20. The minimum Gasteiger partial charge on any atom is -1.00 e. The lowest BCUT2D eigenvalue weighted by molar-refractivity contribution is -0.00000799. The molecule has 0 bridgehead atoms. The fraction of sp³-hybridized carbons (Fsp3) is 0.135. The summed E-state index contributed by atoms with van der Waals surface area (Å²) in [5, 5.41) is 4.38. The Kier molecular flexibility index (Phi) is 11.6. The molecule has 0 amide bonds. The summed E-state index contributed by atoms with van der Waals surface area (Å²) in [7, 11) is -1.74. The van der Waals surface area contributed by atoms with Crippen molar-refractivity contribution in [3.63, 3.8) is 0 Å². The molecular weight excluding hydrogens is 618 g/mol. The Morgan fingerprint density at radius 1 is 0.450 bits per heavy atom. The van der Waals surface area contributed by atoms with Crippen LogP contribution in [0.3, 0.4) is 0 Å². The van der Waals surface area contributed by atoms with Gasteiger partial charge in [0.05, 0.1) is 12.8 Å². The Balaban J connectivity index is 0.00000370. The number of ether oxygens (including phenoxy) is 1. The van der Waals surface area contributed by atoms with Crippen molar-refractivity contribution < 1.29 is 28.7 Å². The van der Waals surface area contributed by atoms with Gasteiger partial charge in [0.1, 0.15) is 28.9 Å². The molecule has 3 heteroatoms. The fourth-order valence-electron chi connectivity index (χ4n) is 5.13. The summed E-state index contributed by atoms with van der Waals surface area (Å²) in [5.74, 6) is 0.937. The predicted octanol–water partition coefficient (Wildman–Crippen LogP) is 5.40. The zero-order valence-corrected chi connectivity index (χ0v) is 25.8. The lowest BCUT2D eigenvalue weighted by Gasteiger charge is -2.27. The van der Waals surface area contributed by atoms with Crippen LogP contribution in [-0.4, -0.2) is 12.8 Å². The van der Waals surface area contributed by atoms with E-state index in [4.69, 9.17) is 4.74 Å². The molecule has 0 aliphatic carbocycles. The van der Waals surface area contributed by atoms with Crippen LogP contribution < -0.4 is 44.6 Å². The largest absolute Gasteiger partial charge is 1.00 e. The van der Waals surface area contributed by atoms with Crippen molar-refractivity contribution in [1.29, 1.82) is 0 Å². The van der Waals surface area contributed by atoms with Gasteiger partial charge in [-0.25, -0.2) is 0 Å². The highest BCUT2D eigenvalue weighted by Crippen LogP contribution is 2.55. The molecule has 0 saturated carbocycles. The maximum absolute atomic E-state index is 6.09. The molecule has 0 saturated heterocycles. The van der Waals surface area contributed by atoms with Crippen molar-refractivity contribution in [3.8, 4) is 5.75 Å². The van der Waals surface area contributed by atoms with Gasteiger partial charge in [0.2, 0.25) is 0 Å². The average molecular weight is 655 g/mol. The van der Waals surface area contributed by atoms with Gasteiger partial charge in [-0.2, -0.15) is 0 Å². The van der Waals surface area contributed by atoms with E-state index in [0.29, 0.717) is 0 Å². The first kappa shape index (κ1) is 29.8. The molecule has 5 rings (SSSR count). The molecule has 202 valence electrons. The molecule has 0 aromatic heterocycles. The zero-order valence-electron chi connectivity index (χ0n) is 22.8. The van der Waals surface area contributed by atoms with Crippen LogP contribution >= 0.6 is 7.26 Å². The fourth-order valence-corrected chi connectivity index (χ4v) is 9.54. The van der Waals surface area contributed by atoms with Crippen LogP contribution in [0.5, 0.6) is 5.75 Å². The van der Waals surface area contributed by atoms with E-state index in [2.05, 4.69) is 152 Å². The third-order valence-electron chi connectivity index (χ3n) is 7.15. The molecule has 0 radical (unpaired) electrons. The number of benzene rings is 5. The third-order valence-corrected chi connectivity index (χ3v) is 11.7. The van der Waals surface area contributed by atoms with Crippen molar-refractivity contribution in [1.82, 2.24) is 0 Å². The lowest BCUT2D eigenvalue weighted by Crippen LogP contribution is -3.00. The van der Waals surface area contributed by atoms with Crippen LogP contribution in [0, 0.1) is 0 Å². The van der Waals surface area contributed by atoms with E-state index in [1.54, 1.807) is 0 Å². The molecule has 0 fully saturated rings. The van der Waals surface area contributed by atoms with Crippen LogP contribution in [-0.2, 0) is 0 Å². The van der Waals surface area contributed by atoms with Gasteiger partial charge in [-0.05, 0) is 78.9 Å². The SMILES string of the molecule is C(=C\c1ccc(OCCCCC[P+](c2ccccc2)(c2ccccc2)c2ccccc2)cc1)/c1ccccc1.[I-]. The first-order chi connectivity index (χ1) is 19.3. The Morgan fingerprint density at radius 2 is 0.875 bits per heavy atom. The summed E-state index contributed by atoms with van der Waals surface area (Å²) < 4.78 is 6.09. The van der Waals surface area contributed by atoms with Crippen LogP contribution in [0.1, 0.15) is 30.4 Å². The number of halogens is 1. The number of hydrogen-bond donors (Lipinski definition) is 0. The maximum atomic E-state index is 6.09. The normalized spacial score (nSPS) is 11.2. The second-order valence-corrected chi connectivity index (χ2v) is 13.4. The zero-order chi connectivity index (χ0) is 26.6. The Morgan fingerprint density at radius 3 is 1.35 bits per heavy atom. The van der Waals surface area contributed by atoms with Gasteiger partial charge < -0.3 is 28.7 Å². The molecule has 0 aliphatic rings. The Bertz CT molecular complexity index is 1320. The average Bonchev–Trinajstić information content (AvgIpc) is 3.02. The molecule has 0 atom stereocenters. The molecule has 1 nitrogen and oxygen atoms in total. The van der Waals surface area contributed by atoms with Crippen LogP contribution in [0.15, 0.2) is 146 Å². The summed E-state index contributed by atoms with van der Waals surface area (Å²) in [4.78, 5) is 0. The highest BCUT2D eigenvalue weighted by Gasteiger charge is 2.44. The quantitative estimate of drug-likeness (QED) is 0.0758. The summed E-state index contributed by atoms with van der Waals surface area (Å²) in [6.07, 6.45) is 8.80. The summed E-state index contributed by atoms with van der Waals surface area (Å²) in [6, 6.07) is 52.2. The van der Waals surface area contributed by atoms with E-state index in [1.807, 2.05) is 6.07 Å². The van der Waals surface area contributed by atoms with Gasteiger partial charge in [-0.3, -0.25) is 0 Å². The molecule has 40 heavy (non-hydrogen) atoms. The molecule has 5 aromatic rings. The molecule has 0 N–H and O–H groups in total. The van der Waals surface area contributed by atoms with Crippen LogP contribution in [0.2, 0.25) is 0 Å². The van der Waals surface area contributed by atoms with Crippen molar-refractivity contribution in [2.75, 3.05) is 12.8 Å². The standard InChI is InChI=1S/C37H36OP.HI/c1-6-16-32(17-7-1)24-25-33-26-28-34(29-27-33)38-30-14-5-15-31-39(35-18-8-2-9-19-35,36-20-10-3-11-21-36)37-22-12-4-13-23-37;/h1-4,6-13,16-29H,5,14-15,30-31H2;1H/q+1;/p-1/b25-24+;. The van der Waals surface area contributed by atoms with Crippen molar-refractivity contribution in [2.45, 2.75) is 19.3 Å². The van der Waals surface area contributed by atoms with Gasteiger partial charge in [0.15, 0.2) is 0 Å². The highest BCUT2D eigenvalue weighted by atomic mass is 127. The van der Waals surface area contributed by atoms with E-state index in [-0.39, 0.29) is 24.0 Å². The minimum absolute atomic E-state index is 0. The van der Waals surface area contributed by atoms with Gasteiger partial charge in [0, 0.05) is 0 Å². The lowest BCUT2D eigenvalue weighted by atomic mass is 10.1. The number of hydrogen-bond acceptors (Lipinski definition) is 1. The van der Waals surface area contributed by atoms with E-state index in [1.165, 1.54) is 33.5 Å². The van der Waals surface area contributed by atoms with E-state index in [0.717, 1.165) is 31.4 Å². The highest BCUT2D eigenvalue weighted by molar-refractivity contribution is 7.95. The Labute approximate surface area is 257 Å². The molecule has 0 unspecified atom stereocenters. The number of rotatable bonds is 12. The summed E-state index contributed by atoms with van der Waals surface area (Å²) >= 11 is 0. The maximum Gasteiger partial charge on any atom is 0.119 e. The molecular formula is C37H36IOP. The van der Waals surface area contributed by atoms with E-state index < -0.39 is 7.26 Å². The smallest absolute Gasteiger partial charge is 0.119 e. The van der Waals surface area contributed by atoms with E-state index in [9.17, 15) is 0 Å². The minimum atomic E-state index is -1.74. The van der Waals surface area contributed by atoms with Crippen molar-refractivity contribution in [3.05, 3.63) is 157 Å². The van der Waals surface area contributed by atoms with Crippen LogP contribution in [0.25, 0.3) is 12.2 Å². The second-order valence-electron chi connectivity index (χ2n) is 9.76. The summed E-state index contributed by atoms with van der Waals surface area (Å²) in [6.45, 7) is 0.743. The monoisotopic (exact) mass is 654 g/mol. The van der Waals surface area contributed by atoms with Crippen LogP contribution in [0.4, 0.5) is 0 Å². The van der Waals surface area contributed by atoms with Crippen molar-refractivity contribution in [2.24, 2.45) is 0 Å². The van der Waals surface area contributed by atoms with E-state index >= 15 is 0 Å². The van der Waals surface area contributed by atoms with Crippen molar-refractivity contribution >= 4 is 35.3 Å². The molecule has 5 aromatic carbocycles. The summed E-state index contributed by atoms with van der Waals surface area (Å²) in [5.41, 5.74) is 2.38. The van der Waals surface area contributed by atoms with Gasteiger partial charge >= 0.3 is 0 Å². The first-order valence-electron chi connectivity index (χ1n) is 13.9. The van der Waals surface area contributed by atoms with Gasteiger partial charge in [-0.1, -0.05) is 109 Å². The molecule has 0 heterocycles. The van der Waals surface area contributed by atoms with Gasteiger partial charge in [-0.15, -0.1) is 0 Å². The third kappa shape index (κ3) is 7.71. The predicted molar refractivity (Wildman–Crippen MR) is 171 cm³/mol. The molecule has 0 spiro atoms. The second kappa shape index (κ2) is 15.6. The topological polar surface area (TPSA) is 9.23 Å². The first-order valence-corrected chi connectivity index (χ1v) is 15.8. The molecule has 0 aliphatic heterocycles. The number of unbranched alkanes of at least 4 members (excludes halogenated alkanes) is 2. The van der Waals surface area contributed by atoms with Gasteiger partial charge in [0.25, 0.3) is 0 Å².